The van der Waals surface area contributed by atoms with E-state index in [1.807, 2.05) is 30.3 Å². The highest BCUT2D eigenvalue weighted by Crippen LogP contribution is 2.25. The van der Waals surface area contributed by atoms with E-state index in [9.17, 15) is 9.59 Å². The van der Waals surface area contributed by atoms with Gasteiger partial charge in [-0.3, -0.25) is 18.6 Å². The van der Waals surface area contributed by atoms with Crippen LogP contribution in [-0.2, 0) is 5.75 Å². The van der Waals surface area contributed by atoms with Crippen molar-refractivity contribution in [3.63, 3.8) is 0 Å². The van der Waals surface area contributed by atoms with Crippen molar-refractivity contribution in [3.8, 4) is 11.4 Å². The number of hydrogen-bond acceptors (Lipinski definition) is 6. The van der Waals surface area contributed by atoms with E-state index in [2.05, 4.69) is 4.98 Å². The van der Waals surface area contributed by atoms with Gasteiger partial charge in [0.05, 0.1) is 34.4 Å². The maximum atomic E-state index is 13.4. The van der Waals surface area contributed by atoms with Gasteiger partial charge in [-0.05, 0) is 36.4 Å². The summed E-state index contributed by atoms with van der Waals surface area (Å²) in [7, 11) is 1.58. The number of nitrogens with zero attached hydrogens (tertiary/aromatic N) is 4. The first-order valence-electron chi connectivity index (χ1n) is 10.0. The number of halogens is 1. The Morgan fingerprint density at radius 2 is 1.85 bits per heavy atom. The molecule has 0 radical (unpaired) electrons. The predicted octanol–water partition coefficient (Wildman–Crippen LogP) is 4.35. The first kappa shape index (κ1) is 21.2. The molecule has 0 aliphatic rings. The molecule has 9 heteroatoms. The third-order valence-electron chi connectivity index (χ3n) is 5.08. The topological polar surface area (TPSA) is 78.5 Å². The molecule has 0 bridgehead atoms. The van der Waals surface area contributed by atoms with E-state index < -0.39 is 0 Å². The molecular weight excluding hydrogens is 460 g/mol. The normalized spacial score (nSPS) is 11.2. The number of thioether (sulfide) groups is 1. The summed E-state index contributed by atoms with van der Waals surface area (Å²) in [6.07, 6.45) is 1.54. The minimum Gasteiger partial charge on any atom is -0.497 e. The molecule has 0 spiro atoms. The Hall–Kier alpha value is -3.62. The summed E-state index contributed by atoms with van der Waals surface area (Å²) >= 11 is 7.32. The zero-order valence-corrected chi connectivity index (χ0v) is 19.0. The molecule has 0 amide bonds. The lowest BCUT2D eigenvalue weighted by molar-refractivity contribution is 0.414. The molecule has 0 unspecified atom stereocenters. The van der Waals surface area contributed by atoms with Crippen molar-refractivity contribution < 1.29 is 4.74 Å². The van der Waals surface area contributed by atoms with Crippen LogP contribution < -0.4 is 15.9 Å². The summed E-state index contributed by atoms with van der Waals surface area (Å²) in [5.41, 5.74) is 1.91. The summed E-state index contributed by atoms with van der Waals surface area (Å²) in [6, 6.07) is 19.3. The molecule has 7 nitrogen and oxygen atoms in total. The third-order valence-corrected chi connectivity index (χ3v) is 6.28. The Morgan fingerprint density at radius 3 is 2.70 bits per heavy atom. The average Bonchev–Trinajstić information content (AvgIpc) is 2.83. The number of hydrogen-bond donors (Lipinski definition) is 0. The monoisotopic (exact) mass is 476 g/mol. The van der Waals surface area contributed by atoms with Crippen LogP contribution in [0.4, 0.5) is 0 Å². The first-order valence-corrected chi connectivity index (χ1v) is 11.4. The highest BCUT2D eigenvalue weighted by molar-refractivity contribution is 7.98. The second-order valence-corrected chi connectivity index (χ2v) is 8.58. The summed E-state index contributed by atoms with van der Waals surface area (Å²) < 4.78 is 8.29. The molecule has 0 atom stereocenters. The third kappa shape index (κ3) is 4.10. The van der Waals surface area contributed by atoms with Crippen LogP contribution in [0.15, 0.2) is 87.7 Å². The molecule has 0 aliphatic carbocycles. The van der Waals surface area contributed by atoms with E-state index in [0.717, 1.165) is 0 Å². The van der Waals surface area contributed by atoms with Crippen LogP contribution in [0.3, 0.4) is 0 Å². The zero-order chi connectivity index (χ0) is 22.9. The second kappa shape index (κ2) is 8.73. The summed E-state index contributed by atoms with van der Waals surface area (Å²) in [4.78, 5) is 35.2. The number of pyridine rings is 1. The Balaban J connectivity index is 1.60. The fraction of sp³-hybridized carbons (Fsp3) is 0.0833. The number of methoxy groups -OCH3 is 1. The molecule has 0 saturated heterocycles. The van der Waals surface area contributed by atoms with Gasteiger partial charge in [-0.1, -0.05) is 41.6 Å². The summed E-state index contributed by atoms with van der Waals surface area (Å²) in [5, 5.41) is 1.46. The first-order chi connectivity index (χ1) is 16.0. The van der Waals surface area contributed by atoms with Crippen LogP contribution in [0.2, 0.25) is 5.02 Å². The summed E-state index contributed by atoms with van der Waals surface area (Å²) in [5.74, 6) is 0.981. The Bertz CT molecular complexity index is 1630. The molecule has 3 aromatic heterocycles. The molecular formula is C24H17ClN4O3S. The largest absolute Gasteiger partial charge is 0.497 e. The van der Waals surface area contributed by atoms with Crippen molar-refractivity contribution in [2.45, 2.75) is 10.9 Å². The molecule has 164 valence electrons. The van der Waals surface area contributed by atoms with Crippen LogP contribution in [0.5, 0.6) is 5.75 Å². The minimum atomic E-state index is -0.227. The smallest absolute Gasteiger partial charge is 0.266 e. The molecule has 5 rings (SSSR count). The number of ether oxygens (including phenoxy) is 1. The number of aromatic nitrogens is 4. The van der Waals surface area contributed by atoms with Crippen molar-refractivity contribution in [1.29, 1.82) is 0 Å². The average molecular weight is 477 g/mol. The number of para-hydroxylation sites is 1. The van der Waals surface area contributed by atoms with Crippen LogP contribution in [-0.4, -0.2) is 26.0 Å². The van der Waals surface area contributed by atoms with Gasteiger partial charge in [0, 0.05) is 24.1 Å². The van der Waals surface area contributed by atoms with Gasteiger partial charge in [0.1, 0.15) is 11.4 Å². The standard InChI is InChI=1S/C24H17ClN4O3S/c1-32-18-6-4-5-17(12-18)29-23(31)19-7-2-3-8-20(19)27-24(29)33-14-16-11-22(30)28-13-15(25)9-10-21(28)26-16/h2-13H,14H2,1H3. The molecule has 0 fully saturated rings. The Morgan fingerprint density at radius 1 is 1.00 bits per heavy atom. The van der Waals surface area contributed by atoms with E-state index >= 15 is 0 Å². The van der Waals surface area contributed by atoms with E-state index in [4.69, 9.17) is 21.3 Å². The Labute approximate surface area is 197 Å². The van der Waals surface area contributed by atoms with E-state index in [-0.39, 0.29) is 11.1 Å². The number of fused-ring (bicyclic) bond motifs is 2. The molecule has 2 aromatic carbocycles. The molecule has 3 heterocycles. The van der Waals surface area contributed by atoms with Gasteiger partial charge in [-0.25, -0.2) is 9.97 Å². The Kier molecular flexibility index (Phi) is 5.62. The van der Waals surface area contributed by atoms with Crippen molar-refractivity contribution in [2.24, 2.45) is 0 Å². The molecule has 5 aromatic rings. The van der Waals surface area contributed by atoms with Gasteiger partial charge >= 0.3 is 0 Å². The zero-order valence-electron chi connectivity index (χ0n) is 17.4. The SMILES string of the molecule is COc1cccc(-n2c(SCc3cc(=O)n4cc(Cl)ccc4n3)nc3ccccc3c2=O)c1. The van der Waals surface area contributed by atoms with E-state index in [1.165, 1.54) is 28.4 Å². The highest BCUT2D eigenvalue weighted by atomic mass is 35.5. The molecule has 0 aliphatic heterocycles. The molecule has 0 N–H and O–H groups in total. The van der Waals surface area contributed by atoms with Gasteiger partial charge in [0.25, 0.3) is 11.1 Å². The van der Waals surface area contributed by atoms with Crippen LogP contribution in [0, 0.1) is 0 Å². The lowest BCUT2D eigenvalue weighted by Gasteiger charge is -2.14. The van der Waals surface area contributed by atoms with Gasteiger partial charge in [0.15, 0.2) is 5.16 Å². The molecule has 33 heavy (non-hydrogen) atoms. The van der Waals surface area contributed by atoms with Gasteiger partial charge in [-0.2, -0.15) is 0 Å². The second-order valence-electron chi connectivity index (χ2n) is 7.20. The maximum absolute atomic E-state index is 13.4. The van der Waals surface area contributed by atoms with Crippen molar-refractivity contribution >= 4 is 39.9 Å². The lowest BCUT2D eigenvalue weighted by Crippen LogP contribution is -2.22. The summed E-state index contributed by atoms with van der Waals surface area (Å²) in [6.45, 7) is 0. The van der Waals surface area contributed by atoms with Gasteiger partial charge < -0.3 is 4.74 Å². The van der Waals surface area contributed by atoms with Crippen molar-refractivity contribution in [1.82, 2.24) is 18.9 Å². The highest BCUT2D eigenvalue weighted by Gasteiger charge is 2.15. The van der Waals surface area contributed by atoms with Crippen LogP contribution in [0.1, 0.15) is 5.69 Å². The maximum Gasteiger partial charge on any atom is 0.266 e. The number of benzene rings is 2. The van der Waals surface area contributed by atoms with E-state index in [1.54, 1.807) is 42.0 Å². The quantitative estimate of drug-likeness (QED) is 0.277. The fourth-order valence-corrected chi connectivity index (χ4v) is 4.59. The van der Waals surface area contributed by atoms with E-state index in [0.29, 0.717) is 49.6 Å². The van der Waals surface area contributed by atoms with Gasteiger partial charge in [0.2, 0.25) is 0 Å². The molecule has 0 saturated carbocycles. The predicted molar refractivity (Wildman–Crippen MR) is 130 cm³/mol. The van der Waals surface area contributed by atoms with Gasteiger partial charge in [-0.15, -0.1) is 0 Å². The van der Waals surface area contributed by atoms with Crippen molar-refractivity contribution in [3.05, 3.63) is 104 Å². The lowest BCUT2D eigenvalue weighted by atomic mass is 10.2. The number of rotatable bonds is 5. The van der Waals surface area contributed by atoms with Crippen LogP contribution in [0.25, 0.3) is 22.2 Å². The van der Waals surface area contributed by atoms with Crippen LogP contribution >= 0.6 is 23.4 Å². The minimum absolute atomic E-state index is 0.183. The van der Waals surface area contributed by atoms with Crippen molar-refractivity contribution in [2.75, 3.05) is 7.11 Å². The fourth-order valence-electron chi connectivity index (χ4n) is 3.52.